The van der Waals surface area contributed by atoms with E-state index in [1.54, 1.807) is 4.57 Å². The molecule has 5 heteroatoms. The van der Waals surface area contributed by atoms with Crippen molar-refractivity contribution in [2.75, 3.05) is 10.6 Å². The first-order valence-corrected chi connectivity index (χ1v) is 9.31. The standard InChI is InChI=1S/C22H23N3O2/c1-3-4-10-25-13-18(16-6-5-7-17(16)22(25)27)15-8-9-19-20(12-15)23-14(2)11-21(26)24-19/h3-6,8-9,12-14,23H,7,10-11H2,1-2H3,(H,24,26)/b4-3+. The predicted molar refractivity (Wildman–Crippen MR) is 110 cm³/mol. The number of rotatable bonds is 3. The van der Waals surface area contributed by atoms with E-state index < -0.39 is 0 Å². The van der Waals surface area contributed by atoms with E-state index in [2.05, 4.69) is 16.7 Å². The number of aromatic nitrogens is 1. The van der Waals surface area contributed by atoms with Crippen molar-refractivity contribution in [1.82, 2.24) is 4.57 Å². The van der Waals surface area contributed by atoms with Gasteiger partial charge in [0.2, 0.25) is 5.91 Å². The number of hydrogen-bond acceptors (Lipinski definition) is 3. The highest BCUT2D eigenvalue weighted by Gasteiger charge is 2.21. The van der Waals surface area contributed by atoms with Crippen molar-refractivity contribution in [3.63, 3.8) is 0 Å². The van der Waals surface area contributed by atoms with Crippen LogP contribution in [0.1, 0.15) is 31.4 Å². The number of anilines is 2. The number of allylic oxidation sites excluding steroid dienone is 3. The minimum Gasteiger partial charge on any atom is -0.380 e. The topological polar surface area (TPSA) is 63.1 Å². The van der Waals surface area contributed by atoms with Gasteiger partial charge in [0, 0.05) is 36.3 Å². The fraction of sp³-hybridized carbons (Fsp3) is 0.273. The fourth-order valence-electron chi connectivity index (χ4n) is 3.74. The second-order valence-corrected chi connectivity index (χ2v) is 7.13. The molecule has 2 aliphatic rings. The van der Waals surface area contributed by atoms with Gasteiger partial charge in [-0.3, -0.25) is 9.59 Å². The lowest BCUT2D eigenvalue weighted by molar-refractivity contribution is -0.116. The molecule has 2 N–H and O–H groups in total. The van der Waals surface area contributed by atoms with Crippen LogP contribution < -0.4 is 16.2 Å². The SMILES string of the molecule is C/C=C/Cn1cc(-c2ccc3c(c2)NC(C)CC(=O)N3)c2c(c1=O)CC=C2. The number of benzene rings is 1. The smallest absolute Gasteiger partial charge is 0.254 e. The van der Waals surface area contributed by atoms with Crippen LogP contribution in [0.3, 0.4) is 0 Å². The lowest BCUT2D eigenvalue weighted by atomic mass is 9.98. The van der Waals surface area contributed by atoms with Gasteiger partial charge in [-0.2, -0.15) is 0 Å². The number of carbonyl (C=O) groups excluding carboxylic acids is 1. The average Bonchev–Trinajstić information content (AvgIpc) is 3.07. The number of hydrogen-bond donors (Lipinski definition) is 2. The van der Waals surface area contributed by atoms with Crippen molar-refractivity contribution in [3.8, 4) is 11.1 Å². The van der Waals surface area contributed by atoms with Gasteiger partial charge in [-0.15, -0.1) is 0 Å². The van der Waals surface area contributed by atoms with E-state index >= 15 is 0 Å². The third-order valence-corrected chi connectivity index (χ3v) is 5.06. The first-order valence-electron chi connectivity index (χ1n) is 9.31. The number of nitrogens with one attached hydrogen (secondary N) is 2. The number of pyridine rings is 1. The quantitative estimate of drug-likeness (QED) is 0.818. The molecule has 2 heterocycles. The molecule has 1 unspecified atom stereocenters. The van der Waals surface area contributed by atoms with Gasteiger partial charge in [0.25, 0.3) is 5.56 Å². The summed E-state index contributed by atoms with van der Waals surface area (Å²) in [5.74, 6) is 0.0187. The van der Waals surface area contributed by atoms with Crippen LogP contribution >= 0.6 is 0 Å². The van der Waals surface area contributed by atoms with Crippen LogP contribution in [-0.4, -0.2) is 16.5 Å². The second-order valence-electron chi connectivity index (χ2n) is 7.13. The van der Waals surface area contributed by atoms with Crippen LogP contribution in [0.25, 0.3) is 17.2 Å². The van der Waals surface area contributed by atoms with E-state index in [0.717, 1.165) is 33.6 Å². The van der Waals surface area contributed by atoms with E-state index in [4.69, 9.17) is 0 Å². The van der Waals surface area contributed by atoms with Gasteiger partial charge < -0.3 is 15.2 Å². The number of fused-ring (bicyclic) bond motifs is 2. The molecule has 1 aromatic heterocycles. The summed E-state index contributed by atoms with van der Waals surface area (Å²) in [6.07, 6.45) is 11.1. The van der Waals surface area contributed by atoms with E-state index in [9.17, 15) is 9.59 Å². The van der Waals surface area contributed by atoms with Crippen LogP contribution in [0.15, 0.2) is 47.4 Å². The Morgan fingerprint density at radius 3 is 2.93 bits per heavy atom. The Bertz CT molecular complexity index is 1030. The first kappa shape index (κ1) is 17.3. The Kier molecular flexibility index (Phi) is 4.44. The highest BCUT2D eigenvalue weighted by Crippen LogP contribution is 2.35. The number of amides is 1. The molecule has 2 aromatic rings. The Morgan fingerprint density at radius 1 is 1.26 bits per heavy atom. The zero-order valence-electron chi connectivity index (χ0n) is 15.6. The van der Waals surface area contributed by atoms with Gasteiger partial charge in [0.15, 0.2) is 0 Å². The van der Waals surface area contributed by atoms with Gasteiger partial charge >= 0.3 is 0 Å². The summed E-state index contributed by atoms with van der Waals surface area (Å²) < 4.78 is 1.77. The van der Waals surface area contributed by atoms with Crippen molar-refractivity contribution in [2.45, 2.75) is 39.3 Å². The van der Waals surface area contributed by atoms with Crippen LogP contribution in [0.4, 0.5) is 11.4 Å². The van der Waals surface area contributed by atoms with Gasteiger partial charge in [-0.1, -0.05) is 30.4 Å². The normalized spacial score (nSPS) is 18.0. The van der Waals surface area contributed by atoms with Crippen LogP contribution in [-0.2, 0) is 17.8 Å². The summed E-state index contributed by atoms with van der Waals surface area (Å²) in [6, 6.07) is 6.06. The summed E-state index contributed by atoms with van der Waals surface area (Å²) in [5.41, 5.74) is 5.70. The Balaban J connectivity index is 1.84. The summed E-state index contributed by atoms with van der Waals surface area (Å²) in [7, 11) is 0. The zero-order valence-corrected chi connectivity index (χ0v) is 15.6. The van der Waals surface area contributed by atoms with Crippen molar-refractivity contribution in [2.24, 2.45) is 0 Å². The maximum Gasteiger partial charge on any atom is 0.254 e. The third-order valence-electron chi connectivity index (χ3n) is 5.06. The molecule has 5 nitrogen and oxygen atoms in total. The molecule has 0 saturated heterocycles. The van der Waals surface area contributed by atoms with Crippen molar-refractivity contribution in [1.29, 1.82) is 0 Å². The maximum atomic E-state index is 12.7. The molecule has 27 heavy (non-hydrogen) atoms. The maximum absolute atomic E-state index is 12.7. The molecular weight excluding hydrogens is 338 g/mol. The minimum absolute atomic E-state index is 0.0187. The van der Waals surface area contributed by atoms with Gasteiger partial charge in [0.05, 0.1) is 11.4 Å². The molecule has 1 aromatic carbocycles. The van der Waals surface area contributed by atoms with E-state index in [1.165, 1.54) is 0 Å². The Labute approximate surface area is 158 Å². The van der Waals surface area contributed by atoms with Crippen LogP contribution in [0.5, 0.6) is 0 Å². The highest BCUT2D eigenvalue weighted by atomic mass is 16.1. The Hall–Kier alpha value is -3.08. The molecule has 0 fully saturated rings. The summed E-state index contributed by atoms with van der Waals surface area (Å²) >= 11 is 0. The molecule has 4 rings (SSSR count). The van der Waals surface area contributed by atoms with E-state index in [0.29, 0.717) is 19.4 Å². The van der Waals surface area contributed by atoms with Crippen LogP contribution in [0.2, 0.25) is 0 Å². The average molecular weight is 361 g/mol. The molecule has 0 bridgehead atoms. The van der Waals surface area contributed by atoms with Crippen molar-refractivity contribution < 1.29 is 4.79 Å². The molecule has 1 aliphatic carbocycles. The molecule has 1 atom stereocenters. The summed E-state index contributed by atoms with van der Waals surface area (Å²) in [5, 5.41) is 6.36. The van der Waals surface area contributed by atoms with Crippen LogP contribution in [0, 0.1) is 0 Å². The van der Waals surface area contributed by atoms with Crippen molar-refractivity contribution >= 4 is 23.4 Å². The molecular formula is C22H23N3O2. The second kappa shape index (κ2) is 6.91. The molecule has 0 radical (unpaired) electrons. The molecule has 0 saturated carbocycles. The minimum atomic E-state index is 0.0187. The van der Waals surface area contributed by atoms with Gasteiger partial charge in [-0.25, -0.2) is 0 Å². The third kappa shape index (κ3) is 3.21. The summed E-state index contributed by atoms with van der Waals surface area (Å²) in [4.78, 5) is 24.7. The fourth-order valence-corrected chi connectivity index (χ4v) is 3.74. The lowest BCUT2D eigenvalue weighted by Gasteiger charge is -2.16. The molecule has 1 aliphatic heterocycles. The largest absolute Gasteiger partial charge is 0.380 e. The Morgan fingerprint density at radius 2 is 2.11 bits per heavy atom. The zero-order chi connectivity index (χ0) is 19.0. The first-order chi connectivity index (χ1) is 13.1. The highest BCUT2D eigenvalue weighted by molar-refractivity contribution is 5.97. The van der Waals surface area contributed by atoms with E-state index in [-0.39, 0.29) is 17.5 Å². The molecule has 1 amide bonds. The molecule has 0 spiro atoms. The lowest BCUT2D eigenvalue weighted by Crippen LogP contribution is -2.23. The van der Waals surface area contributed by atoms with E-state index in [1.807, 2.05) is 56.5 Å². The number of nitrogens with zero attached hydrogens (tertiary/aromatic N) is 1. The van der Waals surface area contributed by atoms with Gasteiger partial charge in [-0.05, 0) is 43.5 Å². The van der Waals surface area contributed by atoms with Crippen molar-refractivity contribution in [3.05, 3.63) is 64.1 Å². The number of carbonyl (C=O) groups is 1. The summed E-state index contributed by atoms with van der Waals surface area (Å²) in [6.45, 7) is 4.51. The molecule has 138 valence electrons. The van der Waals surface area contributed by atoms with Gasteiger partial charge in [0.1, 0.15) is 0 Å². The predicted octanol–water partition coefficient (Wildman–Crippen LogP) is 3.80. The monoisotopic (exact) mass is 361 g/mol.